The van der Waals surface area contributed by atoms with Crippen molar-refractivity contribution < 1.29 is 0 Å². The fourth-order valence-corrected chi connectivity index (χ4v) is 1.97. The van der Waals surface area contributed by atoms with Crippen LogP contribution in [0.25, 0.3) is 0 Å². The van der Waals surface area contributed by atoms with Gasteiger partial charge in [-0.25, -0.2) is 0 Å². The molecule has 0 aromatic heterocycles. The van der Waals surface area contributed by atoms with E-state index in [0.29, 0.717) is 0 Å². The van der Waals surface area contributed by atoms with Crippen LogP contribution in [0.4, 0.5) is 0 Å². The molecule has 0 aromatic carbocycles. The molecule has 1 unspecified atom stereocenters. The molecule has 2 nitrogen and oxygen atoms in total. The lowest BCUT2D eigenvalue weighted by Gasteiger charge is -2.12. The van der Waals surface area contributed by atoms with Gasteiger partial charge in [0.05, 0.1) is 0 Å². The molecule has 2 rings (SSSR count). The average molecular weight is 210 g/mol. The third-order valence-electron chi connectivity index (χ3n) is 3.47. The standard InChI is InChI=1S/C13H26N2/c1-11(10-15-13-7-8-13)4-2-3-9-14-12-5-6-12/h11-15H,2-10H2,1H3. The Balaban J connectivity index is 1.35. The Bertz CT molecular complexity index is 173. The third kappa shape index (κ3) is 5.53. The highest BCUT2D eigenvalue weighted by Crippen LogP contribution is 2.20. The van der Waals surface area contributed by atoms with Gasteiger partial charge in [-0.05, 0) is 57.5 Å². The summed E-state index contributed by atoms with van der Waals surface area (Å²) in [6.45, 7) is 4.86. The minimum Gasteiger partial charge on any atom is -0.314 e. The molecule has 0 radical (unpaired) electrons. The molecule has 0 bridgehead atoms. The van der Waals surface area contributed by atoms with E-state index in [-0.39, 0.29) is 0 Å². The molecule has 1 atom stereocenters. The Morgan fingerprint density at radius 3 is 2.33 bits per heavy atom. The SMILES string of the molecule is CC(CCCCNC1CC1)CNC1CC1. The first-order chi connectivity index (χ1) is 7.34. The van der Waals surface area contributed by atoms with Gasteiger partial charge in [0.1, 0.15) is 0 Å². The van der Waals surface area contributed by atoms with E-state index in [1.807, 2.05) is 0 Å². The van der Waals surface area contributed by atoms with Crippen LogP contribution in [-0.2, 0) is 0 Å². The predicted molar refractivity (Wildman–Crippen MR) is 65.1 cm³/mol. The fourth-order valence-electron chi connectivity index (χ4n) is 1.97. The smallest absolute Gasteiger partial charge is 0.00683 e. The Labute approximate surface area is 94.2 Å². The second kappa shape index (κ2) is 5.86. The highest BCUT2D eigenvalue weighted by molar-refractivity contribution is 4.81. The van der Waals surface area contributed by atoms with Crippen molar-refractivity contribution in [1.29, 1.82) is 0 Å². The Hall–Kier alpha value is -0.0800. The maximum Gasteiger partial charge on any atom is 0.00683 e. The zero-order valence-electron chi connectivity index (χ0n) is 10.1. The van der Waals surface area contributed by atoms with Gasteiger partial charge in [-0.15, -0.1) is 0 Å². The summed E-state index contributed by atoms with van der Waals surface area (Å²) in [4.78, 5) is 0. The monoisotopic (exact) mass is 210 g/mol. The first kappa shape index (κ1) is 11.4. The van der Waals surface area contributed by atoms with Crippen LogP contribution in [-0.4, -0.2) is 25.2 Å². The van der Waals surface area contributed by atoms with Crippen LogP contribution in [0.5, 0.6) is 0 Å². The van der Waals surface area contributed by atoms with Gasteiger partial charge in [0.25, 0.3) is 0 Å². The lowest BCUT2D eigenvalue weighted by atomic mass is 10.0. The zero-order valence-corrected chi connectivity index (χ0v) is 10.1. The molecular weight excluding hydrogens is 184 g/mol. The summed E-state index contributed by atoms with van der Waals surface area (Å²) in [7, 11) is 0. The van der Waals surface area contributed by atoms with E-state index < -0.39 is 0 Å². The van der Waals surface area contributed by atoms with Crippen molar-refractivity contribution in [3.63, 3.8) is 0 Å². The molecule has 0 amide bonds. The summed E-state index contributed by atoms with van der Waals surface area (Å²) in [5.41, 5.74) is 0. The van der Waals surface area contributed by atoms with Crippen LogP contribution in [0.15, 0.2) is 0 Å². The van der Waals surface area contributed by atoms with Gasteiger partial charge in [0.15, 0.2) is 0 Å². The third-order valence-corrected chi connectivity index (χ3v) is 3.47. The van der Waals surface area contributed by atoms with Gasteiger partial charge in [0, 0.05) is 12.1 Å². The molecular formula is C13H26N2. The van der Waals surface area contributed by atoms with Crippen molar-refractivity contribution in [2.75, 3.05) is 13.1 Å². The van der Waals surface area contributed by atoms with Gasteiger partial charge in [-0.2, -0.15) is 0 Å². The minimum atomic E-state index is 0.867. The molecule has 15 heavy (non-hydrogen) atoms. The quantitative estimate of drug-likeness (QED) is 0.571. The van der Waals surface area contributed by atoms with Crippen LogP contribution in [0.1, 0.15) is 51.9 Å². The van der Waals surface area contributed by atoms with E-state index in [4.69, 9.17) is 0 Å². The number of hydrogen-bond acceptors (Lipinski definition) is 2. The van der Waals surface area contributed by atoms with Crippen molar-refractivity contribution in [3.05, 3.63) is 0 Å². The Morgan fingerprint density at radius 2 is 1.67 bits per heavy atom. The summed E-state index contributed by atoms with van der Waals surface area (Å²) in [6.07, 6.45) is 9.82. The average Bonchev–Trinajstić information content (AvgIpc) is 3.08. The Morgan fingerprint density at radius 1 is 1.00 bits per heavy atom. The predicted octanol–water partition coefficient (Wildman–Crippen LogP) is 2.30. The maximum absolute atomic E-state index is 3.61. The summed E-state index contributed by atoms with van der Waals surface area (Å²) >= 11 is 0. The van der Waals surface area contributed by atoms with E-state index >= 15 is 0 Å². The van der Waals surface area contributed by atoms with Crippen molar-refractivity contribution in [2.45, 2.75) is 64.0 Å². The molecule has 2 aliphatic carbocycles. The van der Waals surface area contributed by atoms with Gasteiger partial charge in [-0.1, -0.05) is 13.3 Å². The zero-order chi connectivity index (χ0) is 10.5. The number of unbranched alkanes of at least 4 members (excludes halogenated alkanes) is 1. The van der Waals surface area contributed by atoms with E-state index in [1.165, 1.54) is 58.0 Å². The van der Waals surface area contributed by atoms with Gasteiger partial charge in [0.2, 0.25) is 0 Å². The summed E-state index contributed by atoms with van der Waals surface area (Å²) in [5.74, 6) is 0.867. The Kier molecular flexibility index (Phi) is 4.45. The normalized spacial score (nSPS) is 23.0. The number of rotatable bonds is 9. The molecule has 0 heterocycles. The lowest BCUT2D eigenvalue weighted by Crippen LogP contribution is -2.23. The molecule has 0 spiro atoms. The van der Waals surface area contributed by atoms with E-state index in [2.05, 4.69) is 17.6 Å². The molecule has 0 saturated heterocycles. The van der Waals surface area contributed by atoms with Gasteiger partial charge < -0.3 is 10.6 Å². The van der Waals surface area contributed by atoms with E-state index in [9.17, 15) is 0 Å². The van der Waals surface area contributed by atoms with Crippen LogP contribution in [0.3, 0.4) is 0 Å². The molecule has 2 heteroatoms. The van der Waals surface area contributed by atoms with Gasteiger partial charge >= 0.3 is 0 Å². The summed E-state index contributed by atoms with van der Waals surface area (Å²) in [5, 5.41) is 7.18. The first-order valence-corrected chi connectivity index (χ1v) is 6.81. The molecule has 2 fully saturated rings. The highest BCUT2D eigenvalue weighted by Gasteiger charge is 2.21. The van der Waals surface area contributed by atoms with Crippen molar-refractivity contribution in [1.82, 2.24) is 10.6 Å². The topological polar surface area (TPSA) is 24.1 Å². The molecule has 0 aliphatic heterocycles. The highest BCUT2D eigenvalue weighted by atomic mass is 14.9. The lowest BCUT2D eigenvalue weighted by molar-refractivity contribution is 0.452. The summed E-state index contributed by atoms with van der Waals surface area (Å²) in [6, 6.07) is 1.77. The fraction of sp³-hybridized carbons (Fsp3) is 1.00. The second-order valence-corrected chi connectivity index (χ2v) is 5.51. The minimum absolute atomic E-state index is 0.867. The molecule has 2 saturated carbocycles. The van der Waals surface area contributed by atoms with Crippen LogP contribution in [0.2, 0.25) is 0 Å². The van der Waals surface area contributed by atoms with Crippen molar-refractivity contribution in [2.24, 2.45) is 5.92 Å². The first-order valence-electron chi connectivity index (χ1n) is 6.81. The molecule has 0 aromatic rings. The van der Waals surface area contributed by atoms with E-state index in [1.54, 1.807) is 0 Å². The molecule has 2 aliphatic rings. The molecule has 88 valence electrons. The van der Waals surface area contributed by atoms with E-state index in [0.717, 1.165) is 18.0 Å². The molecule has 2 N–H and O–H groups in total. The maximum atomic E-state index is 3.61. The van der Waals surface area contributed by atoms with Crippen LogP contribution >= 0.6 is 0 Å². The van der Waals surface area contributed by atoms with Crippen LogP contribution in [0, 0.1) is 5.92 Å². The van der Waals surface area contributed by atoms with Crippen LogP contribution < -0.4 is 10.6 Å². The number of hydrogen-bond donors (Lipinski definition) is 2. The van der Waals surface area contributed by atoms with Gasteiger partial charge in [-0.3, -0.25) is 0 Å². The number of nitrogens with one attached hydrogen (secondary N) is 2. The van der Waals surface area contributed by atoms with Crippen molar-refractivity contribution in [3.8, 4) is 0 Å². The van der Waals surface area contributed by atoms with Crippen molar-refractivity contribution >= 4 is 0 Å². The summed E-state index contributed by atoms with van der Waals surface area (Å²) < 4.78 is 0. The largest absolute Gasteiger partial charge is 0.314 e. The second-order valence-electron chi connectivity index (χ2n) is 5.51.